The molecule has 0 saturated carbocycles. The Morgan fingerprint density at radius 3 is 2.69 bits per heavy atom. The van der Waals surface area contributed by atoms with Crippen molar-refractivity contribution in [3.63, 3.8) is 0 Å². The van der Waals surface area contributed by atoms with Crippen LogP contribution in [0.1, 0.15) is 68.0 Å². The van der Waals surface area contributed by atoms with Gasteiger partial charge in [-0.1, -0.05) is 26.8 Å². The molecule has 2 N–H and O–H groups in total. The molecule has 3 aromatic heterocycles. The summed E-state index contributed by atoms with van der Waals surface area (Å²) in [5.74, 6) is 1.84. The van der Waals surface area contributed by atoms with Crippen LogP contribution in [0, 0.1) is 6.92 Å². The Kier molecular flexibility index (Phi) is 6.36. The van der Waals surface area contributed by atoms with Crippen molar-refractivity contribution in [2.75, 3.05) is 26.7 Å². The van der Waals surface area contributed by atoms with Gasteiger partial charge in [0.1, 0.15) is 5.82 Å². The van der Waals surface area contributed by atoms with E-state index >= 15 is 0 Å². The van der Waals surface area contributed by atoms with Crippen LogP contribution in [0.4, 0.5) is 0 Å². The van der Waals surface area contributed by atoms with Crippen LogP contribution in [0.3, 0.4) is 0 Å². The molecule has 7 nitrogen and oxygen atoms in total. The summed E-state index contributed by atoms with van der Waals surface area (Å²) >= 11 is 0. The number of carbonyl (C=O) groups excluding carboxylic acids is 1. The molecule has 4 aromatic rings. The van der Waals surface area contributed by atoms with Crippen molar-refractivity contribution >= 4 is 22.5 Å². The normalized spacial score (nSPS) is 15.1. The van der Waals surface area contributed by atoms with Crippen molar-refractivity contribution in [2.45, 2.75) is 58.8 Å². The molecule has 7 heteroatoms. The van der Waals surface area contributed by atoms with Crippen LogP contribution < -0.4 is 5.32 Å². The van der Waals surface area contributed by atoms with E-state index < -0.39 is 0 Å². The third-order valence-corrected chi connectivity index (χ3v) is 7.37. The van der Waals surface area contributed by atoms with E-state index in [-0.39, 0.29) is 5.91 Å². The van der Waals surface area contributed by atoms with Crippen LogP contribution in [-0.2, 0) is 11.2 Å². The standard InChI is InChI=1S/C28H36N6O/c1-6-19-13-22(16-34-28(19)30-18(4)32-34)27-26(17(2)3)23-14-21(7-8-24(23)31-27)20-9-11-33(12-10-20)25(35)15-29-5/h7-8,13-14,16-17,20,29,31H,6,9-12,15H2,1-5H3. The second kappa shape index (κ2) is 9.46. The fourth-order valence-electron chi connectivity index (χ4n) is 5.59. The fourth-order valence-corrected chi connectivity index (χ4v) is 5.59. The lowest BCUT2D eigenvalue weighted by molar-refractivity contribution is -0.131. The van der Waals surface area contributed by atoms with Gasteiger partial charge in [-0.15, -0.1) is 0 Å². The number of amides is 1. The van der Waals surface area contributed by atoms with Crippen molar-refractivity contribution in [1.29, 1.82) is 0 Å². The zero-order valence-electron chi connectivity index (χ0n) is 21.5. The quantitative estimate of drug-likeness (QED) is 0.423. The van der Waals surface area contributed by atoms with Crippen LogP contribution in [0.2, 0.25) is 0 Å². The summed E-state index contributed by atoms with van der Waals surface area (Å²) in [6.07, 6.45) is 5.03. The van der Waals surface area contributed by atoms with E-state index in [2.05, 4.69) is 71.6 Å². The predicted octanol–water partition coefficient (Wildman–Crippen LogP) is 4.80. The van der Waals surface area contributed by atoms with Gasteiger partial charge in [-0.2, -0.15) is 5.10 Å². The monoisotopic (exact) mass is 472 g/mol. The van der Waals surface area contributed by atoms with Crippen LogP contribution in [0.25, 0.3) is 27.8 Å². The molecule has 0 spiro atoms. The number of rotatable bonds is 6. The third-order valence-electron chi connectivity index (χ3n) is 7.37. The second-order valence-corrected chi connectivity index (χ2v) is 10.1. The number of aromatic nitrogens is 4. The van der Waals surface area contributed by atoms with E-state index in [0.717, 1.165) is 49.4 Å². The van der Waals surface area contributed by atoms with Gasteiger partial charge >= 0.3 is 0 Å². The average molecular weight is 473 g/mol. The number of likely N-dealkylation sites (tertiary alicyclic amines) is 1. The maximum absolute atomic E-state index is 12.3. The molecular formula is C28H36N6O. The highest BCUT2D eigenvalue weighted by molar-refractivity contribution is 5.92. The molecule has 1 aromatic carbocycles. The second-order valence-electron chi connectivity index (χ2n) is 10.1. The predicted molar refractivity (Wildman–Crippen MR) is 141 cm³/mol. The minimum Gasteiger partial charge on any atom is -0.354 e. The number of piperidine rings is 1. The number of likely N-dealkylation sites (N-methyl/N-ethyl adjacent to an activating group) is 1. The van der Waals surface area contributed by atoms with Crippen molar-refractivity contribution in [3.8, 4) is 11.3 Å². The van der Waals surface area contributed by atoms with E-state index in [1.54, 1.807) is 0 Å². The molecule has 1 aliphatic heterocycles. The maximum Gasteiger partial charge on any atom is 0.236 e. The van der Waals surface area contributed by atoms with Gasteiger partial charge in [0.25, 0.3) is 0 Å². The Bertz CT molecular complexity index is 1370. The van der Waals surface area contributed by atoms with E-state index in [1.807, 2.05) is 23.4 Å². The number of H-pyrrole nitrogens is 1. The molecule has 1 saturated heterocycles. The molecule has 184 valence electrons. The third kappa shape index (κ3) is 4.33. The number of aromatic amines is 1. The number of fused-ring (bicyclic) bond motifs is 2. The Morgan fingerprint density at radius 2 is 2.00 bits per heavy atom. The number of aryl methyl sites for hydroxylation is 2. The summed E-state index contributed by atoms with van der Waals surface area (Å²) in [5, 5.41) is 8.88. The van der Waals surface area contributed by atoms with Crippen LogP contribution >= 0.6 is 0 Å². The number of pyridine rings is 1. The summed E-state index contributed by atoms with van der Waals surface area (Å²) in [6, 6.07) is 9.15. The Labute approximate surface area is 206 Å². The molecule has 0 bridgehead atoms. The van der Waals surface area contributed by atoms with Gasteiger partial charge in [-0.25, -0.2) is 9.50 Å². The minimum absolute atomic E-state index is 0.199. The highest BCUT2D eigenvalue weighted by Crippen LogP contribution is 2.38. The van der Waals surface area contributed by atoms with Crippen molar-refractivity contribution in [3.05, 3.63) is 53.0 Å². The maximum atomic E-state index is 12.3. The molecular weight excluding hydrogens is 436 g/mol. The molecule has 1 fully saturated rings. The minimum atomic E-state index is 0.199. The first-order valence-corrected chi connectivity index (χ1v) is 12.8. The number of nitrogens with one attached hydrogen (secondary N) is 2. The van der Waals surface area contributed by atoms with Crippen LogP contribution in [0.15, 0.2) is 30.5 Å². The molecule has 1 amide bonds. The highest BCUT2D eigenvalue weighted by Gasteiger charge is 2.25. The summed E-state index contributed by atoms with van der Waals surface area (Å²) < 4.78 is 1.92. The SMILES string of the molecule is CCc1cc(-c2[nH]c3ccc(C4CCN(C(=O)CNC)CC4)cc3c2C(C)C)cn2nc(C)nc12. The van der Waals surface area contributed by atoms with Gasteiger partial charge in [0.2, 0.25) is 5.91 Å². The van der Waals surface area contributed by atoms with Gasteiger partial charge < -0.3 is 15.2 Å². The zero-order chi connectivity index (χ0) is 24.7. The van der Waals surface area contributed by atoms with Crippen molar-refractivity contribution in [2.24, 2.45) is 0 Å². The zero-order valence-corrected chi connectivity index (χ0v) is 21.5. The van der Waals surface area contributed by atoms with E-state index in [1.165, 1.54) is 33.3 Å². The van der Waals surface area contributed by atoms with Gasteiger partial charge in [0, 0.05) is 35.8 Å². The Balaban J connectivity index is 1.52. The highest BCUT2D eigenvalue weighted by atomic mass is 16.2. The lowest BCUT2D eigenvalue weighted by Gasteiger charge is -2.32. The lowest BCUT2D eigenvalue weighted by atomic mass is 9.87. The molecule has 1 aliphatic rings. The Morgan fingerprint density at radius 1 is 1.23 bits per heavy atom. The Hall–Kier alpha value is -3.19. The molecule has 4 heterocycles. The van der Waals surface area contributed by atoms with Gasteiger partial charge in [0.15, 0.2) is 5.65 Å². The molecule has 5 rings (SSSR count). The first kappa shape index (κ1) is 23.5. The van der Waals surface area contributed by atoms with Gasteiger partial charge in [-0.3, -0.25) is 4.79 Å². The summed E-state index contributed by atoms with van der Waals surface area (Å²) in [4.78, 5) is 22.6. The van der Waals surface area contributed by atoms with Gasteiger partial charge in [-0.05, 0) is 80.0 Å². The molecule has 0 radical (unpaired) electrons. The van der Waals surface area contributed by atoms with Gasteiger partial charge in [0.05, 0.1) is 12.2 Å². The lowest BCUT2D eigenvalue weighted by Crippen LogP contribution is -2.41. The number of hydrogen-bond donors (Lipinski definition) is 2. The number of hydrogen-bond acceptors (Lipinski definition) is 4. The molecule has 0 aliphatic carbocycles. The smallest absolute Gasteiger partial charge is 0.236 e. The molecule has 35 heavy (non-hydrogen) atoms. The average Bonchev–Trinajstić information content (AvgIpc) is 3.43. The fraction of sp³-hybridized carbons (Fsp3) is 0.464. The summed E-state index contributed by atoms with van der Waals surface area (Å²) in [7, 11) is 1.82. The first-order chi connectivity index (χ1) is 16.9. The summed E-state index contributed by atoms with van der Waals surface area (Å²) in [6.45, 7) is 10.7. The van der Waals surface area contributed by atoms with E-state index in [9.17, 15) is 4.79 Å². The number of carbonyl (C=O) groups is 1. The summed E-state index contributed by atoms with van der Waals surface area (Å²) in [5.41, 5.74) is 8.36. The van der Waals surface area contributed by atoms with E-state index in [0.29, 0.717) is 18.4 Å². The molecule has 0 unspecified atom stereocenters. The number of nitrogens with zero attached hydrogens (tertiary/aromatic N) is 4. The van der Waals surface area contributed by atoms with E-state index in [4.69, 9.17) is 0 Å². The molecule has 0 atom stereocenters. The largest absolute Gasteiger partial charge is 0.354 e. The van der Waals surface area contributed by atoms with Crippen molar-refractivity contribution < 1.29 is 4.79 Å². The van der Waals surface area contributed by atoms with Crippen LogP contribution in [-0.4, -0.2) is 57.1 Å². The number of benzene rings is 1. The first-order valence-electron chi connectivity index (χ1n) is 12.8. The van der Waals surface area contributed by atoms with Crippen molar-refractivity contribution in [1.82, 2.24) is 29.8 Å². The topological polar surface area (TPSA) is 78.3 Å². The van der Waals surface area contributed by atoms with Crippen LogP contribution in [0.5, 0.6) is 0 Å².